The minimum atomic E-state index is -5.43. The van der Waals surface area contributed by atoms with E-state index >= 15 is 0 Å². The molecule has 0 aromatic rings. The first-order chi connectivity index (χ1) is 5.07. The van der Waals surface area contributed by atoms with Crippen LogP contribution in [-0.2, 0) is 20.4 Å². The summed E-state index contributed by atoms with van der Waals surface area (Å²) < 4.78 is 37.4. The lowest BCUT2D eigenvalue weighted by Gasteiger charge is -2.18. The fraction of sp³-hybridized carbons (Fsp3) is 0. The molecule has 0 radical (unpaired) electrons. The highest BCUT2D eigenvalue weighted by Crippen LogP contribution is 2.58. The SMILES string of the molecule is O=S(O)N(P(=O)(O)O)P(=O)(O)O. The van der Waals surface area contributed by atoms with Gasteiger partial charge in [0.05, 0.1) is 0 Å². The van der Waals surface area contributed by atoms with Gasteiger partial charge in [0, 0.05) is 0 Å². The third-order valence-electron chi connectivity index (χ3n) is 0.585. The molecule has 0 bridgehead atoms. The lowest BCUT2D eigenvalue weighted by molar-refractivity contribution is 0.303. The van der Waals surface area contributed by atoms with E-state index in [0.717, 1.165) is 0 Å². The van der Waals surface area contributed by atoms with Gasteiger partial charge in [0.15, 0.2) is 0 Å². The predicted molar refractivity (Wildman–Crippen MR) is 36.7 cm³/mol. The maximum atomic E-state index is 10.2. The first-order valence-electron chi connectivity index (χ1n) is 2.10. The number of hydrogen-bond donors (Lipinski definition) is 5. The molecule has 0 aromatic carbocycles. The number of hydrogen-bond acceptors (Lipinski definition) is 3. The molecular formula is H5NO8P2S. The van der Waals surface area contributed by atoms with E-state index in [-0.39, 0.29) is 0 Å². The number of nitrogens with zero attached hydrogens (tertiary/aromatic N) is 1. The Morgan fingerprint density at radius 1 is 1.00 bits per heavy atom. The van der Waals surface area contributed by atoms with Crippen LogP contribution in [0.2, 0.25) is 0 Å². The smallest absolute Gasteiger partial charge is 0.311 e. The first kappa shape index (κ1) is 12.4. The van der Waals surface area contributed by atoms with Crippen molar-refractivity contribution in [2.75, 3.05) is 0 Å². The molecule has 0 amide bonds. The van der Waals surface area contributed by atoms with Crippen LogP contribution in [0.5, 0.6) is 0 Å². The van der Waals surface area contributed by atoms with Gasteiger partial charge >= 0.3 is 15.5 Å². The Morgan fingerprint density at radius 3 is 1.25 bits per heavy atom. The minimum absolute atomic E-state index is 1.10. The molecule has 1 unspecified atom stereocenters. The van der Waals surface area contributed by atoms with Crippen molar-refractivity contribution in [1.82, 2.24) is 3.85 Å². The van der Waals surface area contributed by atoms with E-state index in [9.17, 15) is 13.3 Å². The predicted octanol–water partition coefficient (Wildman–Crippen LogP) is -1.39. The quantitative estimate of drug-likeness (QED) is 0.298. The molecule has 9 nitrogen and oxygen atoms in total. The van der Waals surface area contributed by atoms with Crippen molar-refractivity contribution in [2.24, 2.45) is 0 Å². The molecular weight excluding hydrogens is 236 g/mol. The lowest BCUT2D eigenvalue weighted by Crippen LogP contribution is -2.18. The summed E-state index contributed by atoms with van der Waals surface area (Å²) in [6.07, 6.45) is 0. The van der Waals surface area contributed by atoms with Crippen LogP contribution >= 0.6 is 15.5 Å². The molecule has 74 valence electrons. The highest BCUT2D eigenvalue weighted by atomic mass is 32.2. The van der Waals surface area contributed by atoms with Crippen molar-refractivity contribution in [3.05, 3.63) is 0 Å². The molecule has 0 saturated carbocycles. The maximum absolute atomic E-state index is 10.2. The van der Waals surface area contributed by atoms with Gasteiger partial charge < -0.3 is 19.6 Å². The van der Waals surface area contributed by atoms with Crippen molar-refractivity contribution in [2.45, 2.75) is 0 Å². The normalized spacial score (nSPS) is 16.5. The average molecular weight is 241 g/mol. The van der Waals surface area contributed by atoms with Gasteiger partial charge in [-0.3, -0.25) is 4.55 Å². The molecule has 0 aliphatic heterocycles. The minimum Gasteiger partial charge on any atom is -0.311 e. The second-order valence-corrected chi connectivity index (χ2v) is 6.05. The van der Waals surface area contributed by atoms with E-state index in [2.05, 4.69) is 0 Å². The van der Waals surface area contributed by atoms with Crippen LogP contribution in [0.4, 0.5) is 0 Å². The first-order valence-corrected chi connectivity index (χ1v) is 6.29. The zero-order valence-electron chi connectivity index (χ0n) is 5.21. The summed E-state index contributed by atoms with van der Waals surface area (Å²) in [4.78, 5) is 32.7. The summed E-state index contributed by atoms with van der Waals surface area (Å²) >= 11 is -3.44. The van der Waals surface area contributed by atoms with Crippen LogP contribution in [0, 0.1) is 0 Å². The van der Waals surface area contributed by atoms with E-state index < -0.39 is 30.6 Å². The average Bonchev–Trinajstić information content (AvgIpc) is 1.49. The Kier molecular flexibility index (Phi) is 3.73. The number of rotatable bonds is 3. The molecule has 12 heteroatoms. The van der Waals surface area contributed by atoms with Gasteiger partial charge in [0.1, 0.15) is 0 Å². The summed E-state index contributed by atoms with van der Waals surface area (Å²) in [5, 5.41) is 0. The second-order valence-electron chi connectivity index (χ2n) is 1.51. The zero-order chi connectivity index (χ0) is 10.2. The van der Waals surface area contributed by atoms with Crippen molar-refractivity contribution in [3.63, 3.8) is 0 Å². The van der Waals surface area contributed by atoms with Crippen LogP contribution in [-0.4, -0.2) is 32.2 Å². The molecule has 12 heavy (non-hydrogen) atoms. The Labute approximate surface area is 68.9 Å². The summed E-state index contributed by atoms with van der Waals surface area (Å²) in [5.74, 6) is 0. The van der Waals surface area contributed by atoms with Gasteiger partial charge in [-0.15, -0.1) is 0 Å². The molecule has 0 aliphatic carbocycles. The second kappa shape index (κ2) is 3.62. The molecule has 1 atom stereocenters. The fourth-order valence-corrected chi connectivity index (χ4v) is 3.00. The van der Waals surface area contributed by atoms with Gasteiger partial charge in [-0.2, -0.15) is 0 Å². The topological polar surface area (TPSA) is 156 Å². The summed E-state index contributed by atoms with van der Waals surface area (Å²) in [6, 6.07) is 0. The van der Waals surface area contributed by atoms with Gasteiger partial charge in [-0.05, 0) is 3.85 Å². The Hall–Kier alpha value is 0.370. The highest BCUT2D eigenvalue weighted by molar-refractivity contribution is 7.92. The van der Waals surface area contributed by atoms with Crippen LogP contribution in [0.25, 0.3) is 0 Å². The Bertz CT molecular complexity index is 249. The molecule has 0 aromatic heterocycles. The van der Waals surface area contributed by atoms with E-state index in [1.165, 1.54) is 0 Å². The molecule has 0 heterocycles. The van der Waals surface area contributed by atoms with Gasteiger partial charge in [0.25, 0.3) is 11.3 Å². The van der Waals surface area contributed by atoms with Crippen molar-refractivity contribution in [1.29, 1.82) is 0 Å². The summed E-state index contributed by atoms with van der Waals surface area (Å²) in [7, 11) is -10.9. The monoisotopic (exact) mass is 241 g/mol. The van der Waals surface area contributed by atoms with Crippen molar-refractivity contribution < 1.29 is 37.5 Å². The van der Waals surface area contributed by atoms with Crippen LogP contribution in [0.3, 0.4) is 0 Å². The molecule has 5 N–H and O–H groups in total. The van der Waals surface area contributed by atoms with Crippen LogP contribution in [0.1, 0.15) is 0 Å². The maximum Gasteiger partial charge on any atom is 0.426 e. The van der Waals surface area contributed by atoms with E-state index in [1.54, 1.807) is 0 Å². The zero-order valence-corrected chi connectivity index (χ0v) is 7.82. The van der Waals surface area contributed by atoms with Gasteiger partial charge in [0.2, 0.25) is 0 Å². The Morgan fingerprint density at radius 2 is 1.25 bits per heavy atom. The van der Waals surface area contributed by atoms with E-state index in [4.69, 9.17) is 24.1 Å². The molecule has 0 spiro atoms. The van der Waals surface area contributed by atoms with Crippen molar-refractivity contribution >= 4 is 26.8 Å². The Balaban J connectivity index is 5.11. The van der Waals surface area contributed by atoms with E-state index in [0.29, 0.717) is 0 Å². The summed E-state index contributed by atoms with van der Waals surface area (Å²) in [6.45, 7) is 0. The molecule has 0 rings (SSSR count). The standard InChI is InChI=1S/H5NO8P2S/c2-10(3,4)1(12(8)9)11(5,6)7/h(H,8,9)(H2,2,3,4)(H2,5,6,7). The van der Waals surface area contributed by atoms with Crippen LogP contribution in [0.15, 0.2) is 0 Å². The molecule has 0 fully saturated rings. The highest BCUT2D eigenvalue weighted by Gasteiger charge is 2.44. The third kappa shape index (κ3) is 3.40. The van der Waals surface area contributed by atoms with Gasteiger partial charge in [-0.25, -0.2) is 13.3 Å². The lowest BCUT2D eigenvalue weighted by atomic mass is 13.8. The summed E-state index contributed by atoms with van der Waals surface area (Å²) in [5.41, 5.74) is 0. The van der Waals surface area contributed by atoms with Crippen LogP contribution < -0.4 is 0 Å². The van der Waals surface area contributed by atoms with Gasteiger partial charge in [-0.1, -0.05) is 0 Å². The fourth-order valence-electron chi connectivity index (χ4n) is 0.334. The largest absolute Gasteiger partial charge is 0.426 e. The third-order valence-corrected chi connectivity index (χ3v) is 5.27. The molecule has 0 aliphatic rings. The van der Waals surface area contributed by atoms with E-state index in [1.807, 2.05) is 0 Å². The van der Waals surface area contributed by atoms with Crippen molar-refractivity contribution in [3.8, 4) is 0 Å². The molecule has 0 saturated heterocycles.